The van der Waals surface area contributed by atoms with Crippen LogP contribution >= 0.6 is 0 Å². The van der Waals surface area contributed by atoms with Gasteiger partial charge in [0.1, 0.15) is 0 Å². The molecule has 0 radical (unpaired) electrons. The Morgan fingerprint density at radius 1 is 1.00 bits per heavy atom. The maximum absolute atomic E-state index is 13.8. The molecule has 0 atom stereocenters. The molecule has 3 heteroatoms. The first-order chi connectivity index (χ1) is 16.8. The monoisotopic (exact) mass is 475 g/mol. The summed E-state index contributed by atoms with van der Waals surface area (Å²) in [5.41, 5.74) is 9.06. The molecule has 1 N–H and O–H groups in total. The molecule has 0 spiro atoms. The van der Waals surface area contributed by atoms with Crippen molar-refractivity contribution in [2.75, 3.05) is 0 Å². The van der Waals surface area contributed by atoms with Crippen LogP contribution in [0.3, 0.4) is 0 Å². The fourth-order valence-corrected chi connectivity index (χ4v) is 4.97. The van der Waals surface area contributed by atoms with Crippen LogP contribution in [-0.2, 0) is 12.8 Å². The average molecular weight is 476 g/mol. The maximum atomic E-state index is 13.8. The lowest BCUT2D eigenvalue weighted by atomic mass is 9.79. The quantitative estimate of drug-likeness (QED) is 0.253. The van der Waals surface area contributed by atoms with Gasteiger partial charge < -0.3 is 5.32 Å². The van der Waals surface area contributed by atoms with Crippen LogP contribution in [0.5, 0.6) is 0 Å². The van der Waals surface area contributed by atoms with Crippen LogP contribution in [0.1, 0.15) is 69.1 Å². The number of nitrogens with one attached hydrogen (secondary N) is 1. The zero-order chi connectivity index (χ0) is 25.5. The van der Waals surface area contributed by atoms with Crippen molar-refractivity contribution in [3.8, 4) is 11.1 Å². The summed E-state index contributed by atoms with van der Waals surface area (Å²) in [5.74, 6) is -1.87. The molecule has 1 aliphatic rings. The molecule has 0 unspecified atom stereocenters. The van der Waals surface area contributed by atoms with Gasteiger partial charge in [-0.25, -0.2) is 8.78 Å². The van der Waals surface area contributed by atoms with E-state index in [2.05, 4.69) is 87.1 Å². The molecule has 0 amide bonds. The molecular weight excluding hydrogens is 436 g/mol. The van der Waals surface area contributed by atoms with Crippen LogP contribution in [-0.4, -0.2) is 11.5 Å². The average Bonchev–Trinajstić information content (AvgIpc) is 2.88. The minimum atomic E-state index is -2.60. The number of allylic oxidation sites excluding steroid dienone is 1. The van der Waals surface area contributed by atoms with E-state index in [0.717, 1.165) is 34.7 Å². The second kappa shape index (κ2) is 11.7. The molecule has 1 saturated carbocycles. The third-order valence-corrected chi connectivity index (χ3v) is 7.57. The minimum absolute atomic E-state index is 0.142. The summed E-state index contributed by atoms with van der Waals surface area (Å²) in [7, 11) is 0. The standard InChI is InChI=1S/C32H39F2N/c1-6-24(7-2)21-25-11-13-27(14-12-25)28-16-15-26(8-3)29(22-28)23-30(9-4)35-31(10-5)17-19-32(33,34)20-18-31/h8,10-16,22,24,35H,3-7,17-21,23H2,1-2H3. The largest absolute Gasteiger partial charge is 0.373 e. The number of alkyl halides is 2. The van der Waals surface area contributed by atoms with Crippen molar-refractivity contribution in [1.82, 2.24) is 5.32 Å². The zero-order valence-corrected chi connectivity index (χ0v) is 21.3. The number of halogens is 2. The smallest absolute Gasteiger partial charge is 0.248 e. The van der Waals surface area contributed by atoms with E-state index in [1.165, 1.54) is 24.0 Å². The SMILES string of the molecule is C=C=C(Cc1cc(-c2ccc(CC(CC)CC)cc2)ccc1C=C)NC1(C=C)CCC(F)(F)CC1. The lowest BCUT2D eigenvalue weighted by Crippen LogP contribution is -2.48. The molecule has 0 aromatic heterocycles. The summed E-state index contributed by atoms with van der Waals surface area (Å²) in [4.78, 5) is 0. The first-order valence-corrected chi connectivity index (χ1v) is 12.8. The van der Waals surface area contributed by atoms with Gasteiger partial charge in [-0.3, -0.25) is 0 Å². The van der Waals surface area contributed by atoms with E-state index >= 15 is 0 Å². The predicted molar refractivity (Wildman–Crippen MR) is 146 cm³/mol. The summed E-state index contributed by atoms with van der Waals surface area (Å²) < 4.78 is 27.5. The van der Waals surface area contributed by atoms with E-state index in [1.807, 2.05) is 6.08 Å². The maximum Gasteiger partial charge on any atom is 0.248 e. The molecular formula is C32H39F2N. The van der Waals surface area contributed by atoms with Crippen LogP contribution < -0.4 is 5.32 Å². The Morgan fingerprint density at radius 2 is 1.63 bits per heavy atom. The van der Waals surface area contributed by atoms with Gasteiger partial charge in [0, 0.05) is 19.3 Å². The Hall–Kier alpha value is -2.90. The summed E-state index contributed by atoms with van der Waals surface area (Å²) >= 11 is 0. The lowest BCUT2D eigenvalue weighted by molar-refractivity contribution is -0.0482. The fraction of sp³-hybridized carbons (Fsp3) is 0.406. The second-order valence-corrected chi connectivity index (χ2v) is 9.87. The predicted octanol–water partition coefficient (Wildman–Crippen LogP) is 8.91. The highest BCUT2D eigenvalue weighted by molar-refractivity contribution is 5.68. The Kier molecular flexibility index (Phi) is 8.92. The fourth-order valence-electron chi connectivity index (χ4n) is 4.97. The molecule has 0 aliphatic heterocycles. The van der Waals surface area contributed by atoms with Crippen molar-refractivity contribution in [1.29, 1.82) is 0 Å². The highest BCUT2D eigenvalue weighted by Crippen LogP contribution is 2.39. The van der Waals surface area contributed by atoms with Crippen LogP contribution in [0.4, 0.5) is 8.78 Å². The lowest BCUT2D eigenvalue weighted by Gasteiger charge is -2.39. The molecule has 1 aliphatic carbocycles. The van der Waals surface area contributed by atoms with Crippen LogP contribution in [0.15, 0.2) is 79.7 Å². The van der Waals surface area contributed by atoms with Gasteiger partial charge in [-0.05, 0) is 53.0 Å². The van der Waals surface area contributed by atoms with Crippen molar-refractivity contribution >= 4 is 6.08 Å². The summed E-state index contributed by atoms with van der Waals surface area (Å²) in [6.07, 6.45) is 8.10. The molecule has 0 bridgehead atoms. The molecule has 2 aromatic rings. The van der Waals surface area contributed by atoms with Gasteiger partial charge >= 0.3 is 0 Å². The third-order valence-electron chi connectivity index (χ3n) is 7.57. The molecule has 1 fully saturated rings. The number of hydrogen-bond donors (Lipinski definition) is 1. The first-order valence-electron chi connectivity index (χ1n) is 12.8. The van der Waals surface area contributed by atoms with Gasteiger partial charge in [-0.15, -0.1) is 12.3 Å². The summed E-state index contributed by atoms with van der Waals surface area (Å²) in [6, 6.07) is 15.2. The van der Waals surface area contributed by atoms with E-state index in [1.54, 1.807) is 6.08 Å². The number of rotatable bonds is 11. The molecule has 2 aromatic carbocycles. The second-order valence-electron chi connectivity index (χ2n) is 9.87. The molecule has 35 heavy (non-hydrogen) atoms. The van der Waals surface area contributed by atoms with Gasteiger partial charge in [-0.2, -0.15) is 0 Å². The topological polar surface area (TPSA) is 12.0 Å². The van der Waals surface area contributed by atoms with E-state index in [9.17, 15) is 8.78 Å². The van der Waals surface area contributed by atoms with Gasteiger partial charge in [0.05, 0.1) is 11.2 Å². The van der Waals surface area contributed by atoms with Crippen molar-refractivity contribution < 1.29 is 8.78 Å². The highest BCUT2D eigenvalue weighted by atomic mass is 19.3. The number of hydrogen-bond acceptors (Lipinski definition) is 1. The number of benzene rings is 2. The molecule has 1 nitrogen and oxygen atoms in total. The Morgan fingerprint density at radius 3 is 2.17 bits per heavy atom. The van der Waals surface area contributed by atoms with Gasteiger partial charge in [-0.1, -0.05) is 94.5 Å². The van der Waals surface area contributed by atoms with Crippen LogP contribution in [0.2, 0.25) is 0 Å². The van der Waals surface area contributed by atoms with Crippen LogP contribution in [0, 0.1) is 5.92 Å². The van der Waals surface area contributed by atoms with Gasteiger partial charge in [0.15, 0.2) is 0 Å². The Bertz CT molecular complexity index is 1060. The van der Waals surface area contributed by atoms with Crippen molar-refractivity contribution in [3.05, 3.63) is 96.4 Å². The van der Waals surface area contributed by atoms with E-state index in [0.29, 0.717) is 19.3 Å². The molecule has 186 valence electrons. The van der Waals surface area contributed by atoms with E-state index in [4.69, 9.17) is 0 Å². The molecule has 0 heterocycles. The third kappa shape index (κ3) is 6.83. The summed E-state index contributed by atoms with van der Waals surface area (Å²) in [5, 5.41) is 3.46. The molecule has 0 saturated heterocycles. The van der Waals surface area contributed by atoms with E-state index in [-0.39, 0.29) is 12.8 Å². The Labute approximate surface area is 210 Å². The summed E-state index contributed by atoms with van der Waals surface area (Å²) in [6.45, 7) is 16.3. The highest BCUT2D eigenvalue weighted by Gasteiger charge is 2.42. The Balaban J connectivity index is 1.80. The molecule has 3 rings (SSSR count). The van der Waals surface area contributed by atoms with E-state index < -0.39 is 11.5 Å². The van der Waals surface area contributed by atoms with Crippen molar-refractivity contribution in [2.24, 2.45) is 5.92 Å². The minimum Gasteiger partial charge on any atom is -0.373 e. The van der Waals surface area contributed by atoms with Crippen molar-refractivity contribution in [2.45, 2.75) is 76.7 Å². The van der Waals surface area contributed by atoms with Crippen molar-refractivity contribution in [3.63, 3.8) is 0 Å². The zero-order valence-electron chi connectivity index (χ0n) is 21.3. The van der Waals surface area contributed by atoms with Gasteiger partial charge in [0.25, 0.3) is 0 Å². The normalized spacial score (nSPS) is 16.4. The van der Waals surface area contributed by atoms with Gasteiger partial charge in [0.2, 0.25) is 5.92 Å². The van der Waals surface area contributed by atoms with Crippen LogP contribution in [0.25, 0.3) is 17.2 Å². The first kappa shape index (κ1) is 26.7.